The molecule has 0 bridgehead atoms. The van der Waals surface area contributed by atoms with Crippen molar-refractivity contribution >= 4 is 34.1 Å². The smallest absolute Gasteiger partial charge is 0.333 e. The van der Waals surface area contributed by atoms with Crippen LogP contribution in [-0.2, 0) is 6.61 Å². The van der Waals surface area contributed by atoms with Crippen molar-refractivity contribution in [3.8, 4) is 5.69 Å². The summed E-state index contributed by atoms with van der Waals surface area (Å²) < 4.78 is 0.878. The van der Waals surface area contributed by atoms with E-state index in [9.17, 15) is 19.5 Å². The van der Waals surface area contributed by atoms with E-state index in [-0.39, 0.29) is 34.2 Å². The third kappa shape index (κ3) is 3.65. The van der Waals surface area contributed by atoms with Crippen molar-refractivity contribution in [3.63, 3.8) is 0 Å². The van der Waals surface area contributed by atoms with Crippen molar-refractivity contribution in [2.75, 3.05) is 11.9 Å². The van der Waals surface area contributed by atoms with Gasteiger partial charge in [-0.1, -0.05) is 41.9 Å². The van der Waals surface area contributed by atoms with E-state index in [1.165, 1.54) is 23.1 Å². The second-order valence-electron chi connectivity index (χ2n) is 6.93. The number of aliphatic hydroxyl groups excluding tert-OH is 1. The molecule has 31 heavy (non-hydrogen) atoms. The Balaban J connectivity index is 1.88. The lowest BCUT2D eigenvalue weighted by molar-refractivity contribution is 0.0993. The van der Waals surface area contributed by atoms with Crippen molar-refractivity contribution in [1.82, 2.24) is 9.55 Å². The van der Waals surface area contributed by atoms with Gasteiger partial charge in [-0.05, 0) is 42.0 Å². The molecule has 0 fully saturated rings. The fourth-order valence-corrected chi connectivity index (χ4v) is 3.66. The first-order valence-electron chi connectivity index (χ1n) is 9.43. The van der Waals surface area contributed by atoms with Gasteiger partial charge in [0, 0.05) is 18.3 Å². The molecule has 0 saturated carbocycles. The standard InChI is InChI=1S/C23H18ClN3O4/c1-26(16-7-3-2-4-8-16)21(29)14-10-11-17(24)19(12-14)27-22(30)20-15(13-28)6-5-9-18(20)25-23(27)31/h2-12,28H,13H2,1H3,(H,25,31). The van der Waals surface area contributed by atoms with E-state index in [4.69, 9.17) is 11.6 Å². The number of aromatic amines is 1. The van der Waals surface area contributed by atoms with Gasteiger partial charge in [0.15, 0.2) is 0 Å². The van der Waals surface area contributed by atoms with Crippen LogP contribution in [0.25, 0.3) is 16.6 Å². The van der Waals surface area contributed by atoms with Gasteiger partial charge < -0.3 is 15.0 Å². The third-order valence-corrected chi connectivity index (χ3v) is 5.38. The number of nitrogens with one attached hydrogen (secondary N) is 1. The molecule has 0 radical (unpaired) electrons. The molecule has 0 aliphatic carbocycles. The molecule has 0 aliphatic heterocycles. The highest BCUT2D eigenvalue weighted by molar-refractivity contribution is 6.32. The van der Waals surface area contributed by atoms with Crippen LogP contribution in [0.3, 0.4) is 0 Å². The first kappa shape index (κ1) is 20.6. The van der Waals surface area contributed by atoms with Gasteiger partial charge in [0.1, 0.15) is 0 Å². The number of aromatic nitrogens is 2. The van der Waals surface area contributed by atoms with Crippen molar-refractivity contribution < 1.29 is 9.90 Å². The topological polar surface area (TPSA) is 95.4 Å². The monoisotopic (exact) mass is 435 g/mol. The number of anilines is 1. The summed E-state index contributed by atoms with van der Waals surface area (Å²) >= 11 is 6.31. The maximum Gasteiger partial charge on any atom is 0.333 e. The number of carbonyl (C=O) groups is 1. The number of rotatable bonds is 4. The second-order valence-corrected chi connectivity index (χ2v) is 7.34. The molecule has 156 valence electrons. The van der Waals surface area contributed by atoms with Crippen LogP contribution < -0.4 is 16.1 Å². The minimum atomic E-state index is -0.699. The Morgan fingerprint density at radius 1 is 1.06 bits per heavy atom. The predicted molar refractivity (Wildman–Crippen MR) is 120 cm³/mol. The lowest BCUT2D eigenvalue weighted by Gasteiger charge is -2.18. The van der Waals surface area contributed by atoms with Gasteiger partial charge in [-0.25, -0.2) is 9.36 Å². The summed E-state index contributed by atoms with van der Waals surface area (Å²) in [4.78, 5) is 43.0. The van der Waals surface area contributed by atoms with Gasteiger partial charge in [0.25, 0.3) is 11.5 Å². The Kier molecular flexibility index (Phi) is 5.46. The number of amides is 1. The van der Waals surface area contributed by atoms with E-state index in [1.807, 2.05) is 18.2 Å². The average molecular weight is 436 g/mol. The Labute approximate surface area is 181 Å². The first-order valence-corrected chi connectivity index (χ1v) is 9.81. The molecule has 4 aromatic rings. The summed E-state index contributed by atoms with van der Waals surface area (Å²) in [6.45, 7) is -0.368. The zero-order valence-electron chi connectivity index (χ0n) is 16.5. The fourth-order valence-electron chi connectivity index (χ4n) is 3.46. The zero-order chi connectivity index (χ0) is 22.1. The number of carbonyl (C=O) groups excluding carboxylic acids is 1. The van der Waals surface area contributed by atoms with Gasteiger partial charge in [0.05, 0.1) is 28.2 Å². The Hall–Kier alpha value is -3.68. The first-order chi connectivity index (χ1) is 14.9. The molecule has 0 unspecified atom stereocenters. The van der Waals surface area contributed by atoms with Gasteiger partial charge in [-0.2, -0.15) is 0 Å². The molecule has 3 aromatic carbocycles. The molecule has 1 aromatic heterocycles. The lowest BCUT2D eigenvalue weighted by atomic mass is 10.1. The molecule has 1 amide bonds. The van der Waals surface area contributed by atoms with Gasteiger partial charge in [0.2, 0.25) is 0 Å². The molecule has 2 N–H and O–H groups in total. The number of para-hydroxylation sites is 1. The molecule has 1 heterocycles. The van der Waals surface area contributed by atoms with Crippen molar-refractivity contribution in [2.45, 2.75) is 6.61 Å². The van der Waals surface area contributed by atoms with E-state index in [1.54, 1.807) is 37.4 Å². The molecule has 0 aliphatic rings. The van der Waals surface area contributed by atoms with E-state index < -0.39 is 11.2 Å². The van der Waals surface area contributed by atoms with Gasteiger partial charge in [-0.15, -0.1) is 0 Å². The molecule has 8 heteroatoms. The van der Waals surface area contributed by atoms with E-state index in [0.29, 0.717) is 16.8 Å². The van der Waals surface area contributed by atoms with Crippen molar-refractivity contribution in [3.05, 3.63) is 104 Å². The number of benzene rings is 3. The number of aliphatic hydroxyl groups is 1. The fraction of sp³-hybridized carbons (Fsp3) is 0.0870. The van der Waals surface area contributed by atoms with E-state index >= 15 is 0 Å². The Morgan fingerprint density at radius 3 is 2.52 bits per heavy atom. The average Bonchev–Trinajstić information content (AvgIpc) is 2.79. The van der Waals surface area contributed by atoms with Crippen LogP contribution >= 0.6 is 11.6 Å². The maximum atomic E-state index is 13.2. The number of fused-ring (bicyclic) bond motifs is 1. The predicted octanol–water partition coefficient (Wildman–Crippen LogP) is 3.10. The van der Waals surface area contributed by atoms with Crippen LogP contribution in [0.5, 0.6) is 0 Å². The highest BCUT2D eigenvalue weighted by Crippen LogP contribution is 2.23. The minimum absolute atomic E-state index is 0.0786. The molecule has 4 rings (SSSR count). The molecule has 7 nitrogen and oxygen atoms in total. The van der Waals surface area contributed by atoms with Crippen LogP contribution in [0.2, 0.25) is 5.02 Å². The SMILES string of the molecule is CN(C(=O)c1ccc(Cl)c(-n2c(=O)[nH]c3cccc(CO)c3c2=O)c1)c1ccccc1. The van der Waals surface area contributed by atoms with Crippen LogP contribution in [0, 0.1) is 0 Å². The highest BCUT2D eigenvalue weighted by atomic mass is 35.5. The number of nitrogens with zero attached hydrogens (tertiary/aromatic N) is 2. The lowest BCUT2D eigenvalue weighted by Crippen LogP contribution is -2.34. The van der Waals surface area contributed by atoms with Crippen LogP contribution in [0.1, 0.15) is 15.9 Å². The van der Waals surface area contributed by atoms with Gasteiger partial charge >= 0.3 is 5.69 Å². The summed E-state index contributed by atoms with van der Waals surface area (Å²) in [5, 5.41) is 9.93. The highest BCUT2D eigenvalue weighted by Gasteiger charge is 2.19. The van der Waals surface area contributed by atoms with Gasteiger partial charge in [-0.3, -0.25) is 9.59 Å². The van der Waals surface area contributed by atoms with E-state index in [2.05, 4.69) is 4.98 Å². The third-order valence-electron chi connectivity index (χ3n) is 5.06. The molecular formula is C23H18ClN3O4. The normalized spacial score (nSPS) is 10.9. The molecule has 0 spiro atoms. The van der Waals surface area contributed by atoms with Crippen LogP contribution in [0.15, 0.2) is 76.3 Å². The van der Waals surface area contributed by atoms with E-state index in [0.717, 1.165) is 4.57 Å². The van der Waals surface area contributed by atoms with Crippen molar-refractivity contribution in [2.24, 2.45) is 0 Å². The Morgan fingerprint density at radius 2 is 1.81 bits per heavy atom. The summed E-state index contributed by atoms with van der Waals surface area (Å²) in [5.74, 6) is -0.328. The summed E-state index contributed by atoms with van der Waals surface area (Å²) in [6.07, 6.45) is 0. The molecule has 0 saturated heterocycles. The number of halogens is 1. The summed E-state index contributed by atoms with van der Waals surface area (Å²) in [7, 11) is 1.63. The molecular weight excluding hydrogens is 418 g/mol. The number of hydrogen-bond acceptors (Lipinski definition) is 4. The minimum Gasteiger partial charge on any atom is -0.392 e. The number of hydrogen-bond donors (Lipinski definition) is 2. The maximum absolute atomic E-state index is 13.2. The van der Waals surface area contributed by atoms with Crippen molar-refractivity contribution in [1.29, 1.82) is 0 Å². The molecule has 0 atom stereocenters. The Bertz CT molecular complexity index is 1410. The number of H-pyrrole nitrogens is 1. The van der Waals surface area contributed by atoms with Crippen LogP contribution in [-0.4, -0.2) is 27.6 Å². The quantitative estimate of drug-likeness (QED) is 0.515. The second kappa shape index (κ2) is 8.22. The summed E-state index contributed by atoms with van der Waals surface area (Å²) in [6, 6.07) is 18.3. The summed E-state index contributed by atoms with van der Waals surface area (Å²) in [5.41, 5.74) is 0.381. The van der Waals surface area contributed by atoms with Crippen LogP contribution in [0.4, 0.5) is 5.69 Å². The largest absolute Gasteiger partial charge is 0.392 e. The zero-order valence-corrected chi connectivity index (χ0v) is 17.3.